The third kappa shape index (κ3) is 5.86. The molecule has 0 aromatic carbocycles. The standard InChI is InChI=1S/C30H39N4OS.C2H6/c1-5-18-32(6-2)30(35)23-15-17-26-27-12-7-8-13-29-33(36-25-11-9-10-22(3)14-16-25)21-24(34(27)29)19-28(26)31(4)20-23;1-2/h7-9,11-12,14-17,21,23,26,28H,5-6,10,13,18-20H2,1-4H3;1-2H3/q+1;/t23-,26?,28?;/m1./s1. The van der Waals surface area contributed by atoms with Crippen molar-refractivity contribution in [3.05, 3.63) is 82.9 Å². The van der Waals surface area contributed by atoms with Gasteiger partial charge in [0.2, 0.25) is 5.91 Å². The third-order valence-corrected chi connectivity index (χ3v) is 8.76. The summed E-state index contributed by atoms with van der Waals surface area (Å²) in [6.45, 7) is 12.8. The van der Waals surface area contributed by atoms with Crippen LogP contribution in [-0.4, -0.2) is 52.4 Å². The van der Waals surface area contributed by atoms with Crippen molar-refractivity contribution in [2.45, 2.75) is 66.3 Å². The Hall–Kier alpha value is -2.57. The monoisotopic (exact) mass is 533 g/mol. The van der Waals surface area contributed by atoms with E-state index < -0.39 is 0 Å². The molecule has 4 aliphatic rings. The Morgan fingerprint density at radius 2 is 1.95 bits per heavy atom. The van der Waals surface area contributed by atoms with Crippen molar-refractivity contribution in [1.29, 1.82) is 0 Å². The molecule has 3 aliphatic heterocycles. The van der Waals surface area contributed by atoms with Gasteiger partial charge >= 0.3 is 0 Å². The molecule has 0 N–H and O–H groups in total. The summed E-state index contributed by atoms with van der Waals surface area (Å²) < 4.78 is 4.86. The van der Waals surface area contributed by atoms with Gasteiger partial charge in [0.15, 0.2) is 5.69 Å². The van der Waals surface area contributed by atoms with E-state index in [9.17, 15) is 4.79 Å². The number of likely N-dealkylation sites (N-methyl/N-ethyl adjacent to an activating group) is 1. The summed E-state index contributed by atoms with van der Waals surface area (Å²) in [5.74, 6) is 1.75. The number of allylic oxidation sites excluding steroid dienone is 8. The number of nitrogens with zero attached hydrogens (tertiary/aromatic N) is 4. The second kappa shape index (κ2) is 13.0. The van der Waals surface area contributed by atoms with Gasteiger partial charge in [0.05, 0.1) is 35.1 Å². The lowest BCUT2D eigenvalue weighted by molar-refractivity contribution is -0.606. The molecule has 1 amide bonds. The number of fused-ring (bicyclic) bond motifs is 2. The normalized spacial score (nSPS) is 23.9. The Balaban J connectivity index is 0.00000164. The van der Waals surface area contributed by atoms with Crippen molar-refractivity contribution < 1.29 is 9.36 Å². The number of hydrogen-bond donors (Lipinski definition) is 0. The van der Waals surface area contributed by atoms with Gasteiger partial charge in [-0.15, -0.1) is 0 Å². The van der Waals surface area contributed by atoms with Crippen molar-refractivity contribution in [1.82, 2.24) is 13.8 Å². The van der Waals surface area contributed by atoms with Crippen molar-refractivity contribution in [2.24, 2.45) is 11.8 Å². The summed E-state index contributed by atoms with van der Waals surface area (Å²) in [4.78, 5) is 19.0. The molecule has 1 aromatic heterocycles. The Bertz CT molecular complexity index is 1200. The first-order valence-electron chi connectivity index (χ1n) is 14.4. The van der Waals surface area contributed by atoms with Gasteiger partial charge in [-0.1, -0.05) is 62.8 Å². The van der Waals surface area contributed by atoms with E-state index in [-0.39, 0.29) is 17.7 Å². The van der Waals surface area contributed by atoms with Gasteiger partial charge < -0.3 is 9.80 Å². The molecule has 3 atom stereocenters. The molecule has 5 rings (SSSR count). The highest BCUT2D eigenvalue weighted by molar-refractivity contribution is 8.01. The number of rotatable bonds is 6. The molecule has 1 aliphatic carbocycles. The Morgan fingerprint density at radius 3 is 2.71 bits per heavy atom. The predicted molar refractivity (Wildman–Crippen MR) is 160 cm³/mol. The van der Waals surface area contributed by atoms with E-state index in [1.807, 2.05) is 18.7 Å². The maximum absolute atomic E-state index is 13.3. The van der Waals surface area contributed by atoms with Crippen LogP contribution in [0.2, 0.25) is 0 Å². The minimum Gasteiger partial charge on any atom is -0.342 e. The molecule has 204 valence electrons. The zero-order valence-corrected chi connectivity index (χ0v) is 24.9. The van der Waals surface area contributed by atoms with Gasteiger partial charge in [-0.25, -0.2) is 0 Å². The van der Waals surface area contributed by atoms with Crippen LogP contribution in [0.25, 0.3) is 5.70 Å². The zero-order valence-electron chi connectivity index (χ0n) is 24.1. The quantitative estimate of drug-likeness (QED) is 0.334. The van der Waals surface area contributed by atoms with Crippen molar-refractivity contribution >= 4 is 23.6 Å². The number of hydrogen-bond acceptors (Lipinski definition) is 3. The first-order valence-corrected chi connectivity index (χ1v) is 15.2. The molecule has 6 heteroatoms. The molecule has 4 heterocycles. The molecule has 0 spiro atoms. The van der Waals surface area contributed by atoms with Crippen LogP contribution >= 0.6 is 11.9 Å². The van der Waals surface area contributed by atoms with Crippen molar-refractivity contribution in [2.75, 3.05) is 26.7 Å². The van der Waals surface area contributed by atoms with Crippen LogP contribution in [0.1, 0.15) is 59.0 Å². The van der Waals surface area contributed by atoms with Gasteiger partial charge in [-0.3, -0.25) is 4.79 Å². The number of carbonyl (C=O) groups is 1. The van der Waals surface area contributed by atoms with Gasteiger partial charge in [0, 0.05) is 32.1 Å². The molecular formula is C32H45N4OS+. The van der Waals surface area contributed by atoms with Crippen LogP contribution in [-0.2, 0) is 17.6 Å². The molecule has 1 aromatic rings. The molecule has 0 saturated carbocycles. The van der Waals surface area contributed by atoms with Crippen LogP contribution in [0, 0.1) is 11.8 Å². The average molecular weight is 534 g/mol. The Kier molecular flexibility index (Phi) is 9.72. The van der Waals surface area contributed by atoms with E-state index in [0.717, 1.165) is 45.3 Å². The van der Waals surface area contributed by atoms with E-state index >= 15 is 0 Å². The number of amides is 1. The number of carbonyl (C=O) groups excluding carboxylic acids is 1. The highest BCUT2D eigenvalue weighted by atomic mass is 32.2. The molecule has 2 unspecified atom stereocenters. The van der Waals surface area contributed by atoms with E-state index in [1.165, 1.54) is 27.7 Å². The molecule has 38 heavy (non-hydrogen) atoms. The fourth-order valence-corrected chi connectivity index (χ4v) is 6.80. The van der Waals surface area contributed by atoms with E-state index in [4.69, 9.17) is 0 Å². The third-order valence-electron chi connectivity index (χ3n) is 7.77. The van der Waals surface area contributed by atoms with Crippen LogP contribution in [0.4, 0.5) is 0 Å². The van der Waals surface area contributed by atoms with E-state index in [1.54, 1.807) is 11.9 Å². The van der Waals surface area contributed by atoms with Crippen LogP contribution in [0.15, 0.2) is 71.4 Å². The summed E-state index contributed by atoms with van der Waals surface area (Å²) in [6.07, 6.45) is 26.5. The second-order valence-electron chi connectivity index (χ2n) is 10.3. The van der Waals surface area contributed by atoms with Gasteiger partial charge in [0.25, 0.3) is 5.82 Å². The summed E-state index contributed by atoms with van der Waals surface area (Å²) in [5.41, 5.74) is 4.06. The maximum Gasteiger partial charge on any atom is 0.277 e. The summed E-state index contributed by atoms with van der Waals surface area (Å²) in [5, 5.41) is 0. The molecular weight excluding hydrogens is 488 g/mol. The smallest absolute Gasteiger partial charge is 0.277 e. The van der Waals surface area contributed by atoms with Crippen LogP contribution < -0.4 is 4.57 Å². The zero-order chi connectivity index (χ0) is 27.2. The fraction of sp³-hybridized carbons (Fsp3) is 0.500. The molecule has 0 bridgehead atoms. The van der Waals surface area contributed by atoms with Crippen molar-refractivity contribution in [3.8, 4) is 0 Å². The van der Waals surface area contributed by atoms with Crippen molar-refractivity contribution in [3.63, 3.8) is 0 Å². The largest absolute Gasteiger partial charge is 0.342 e. The lowest BCUT2D eigenvalue weighted by atomic mass is 9.87. The second-order valence-corrected chi connectivity index (χ2v) is 11.4. The molecule has 0 saturated heterocycles. The summed E-state index contributed by atoms with van der Waals surface area (Å²) >= 11 is 1.81. The first-order chi connectivity index (χ1) is 18.5. The Morgan fingerprint density at radius 1 is 1.13 bits per heavy atom. The SMILES string of the molecule is CC.CCCN(CC)C(=O)[C@@H]1C=CC2C3=CC=CCc4n(SC5=CC=C(C)CC=C5)cc([n+]43)CC2N(C)C1. The fourth-order valence-electron chi connectivity index (χ4n) is 5.85. The minimum absolute atomic E-state index is 0.0844. The summed E-state index contributed by atoms with van der Waals surface area (Å²) in [7, 11) is 2.20. The van der Waals surface area contributed by atoms with Crippen LogP contribution in [0.3, 0.4) is 0 Å². The lowest BCUT2D eigenvalue weighted by Crippen LogP contribution is -2.54. The molecule has 5 nitrogen and oxygen atoms in total. The lowest BCUT2D eigenvalue weighted by Gasteiger charge is -2.35. The van der Waals surface area contributed by atoms with Gasteiger partial charge in [0.1, 0.15) is 11.9 Å². The topological polar surface area (TPSA) is 32.4 Å². The number of imidazole rings is 1. The highest BCUT2D eigenvalue weighted by Gasteiger charge is 2.43. The highest BCUT2D eigenvalue weighted by Crippen LogP contribution is 2.35. The minimum atomic E-state index is -0.0844. The Labute approximate surface area is 234 Å². The number of aromatic nitrogens is 2. The average Bonchev–Trinajstić information content (AvgIpc) is 3.12. The van der Waals surface area contributed by atoms with E-state index in [0.29, 0.717) is 6.04 Å². The van der Waals surface area contributed by atoms with Crippen LogP contribution in [0.5, 0.6) is 0 Å². The van der Waals surface area contributed by atoms with E-state index in [2.05, 4.69) is 102 Å². The maximum atomic E-state index is 13.3. The first kappa shape index (κ1) is 28.4. The predicted octanol–water partition coefficient (Wildman–Crippen LogP) is 5.96. The van der Waals surface area contributed by atoms with Gasteiger partial charge in [-0.2, -0.15) is 8.54 Å². The molecule has 0 fully saturated rings. The van der Waals surface area contributed by atoms with Gasteiger partial charge in [-0.05, 0) is 52.0 Å². The molecule has 0 radical (unpaired) electrons. The summed E-state index contributed by atoms with van der Waals surface area (Å²) in [6, 6.07) is 0.342.